The summed E-state index contributed by atoms with van der Waals surface area (Å²) in [5.41, 5.74) is 1.54. The lowest BCUT2D eigenvalue weighted by Gasteiger charge is -2.17. The van der Waals surface area contributed by atoms with E-state index in [-0.39, 0.29) is 30.6 Å². The molecule has 0 aromatic heterocycles. The number of amides is 1. The van der Waals surface area contributed by atoms with Crippen LogP contribution in [0.4, 0.5) is 4.39 Å². The molecule has 1 saturated heterocycles. The van der Waals surface area contributed by atoms with Gasteiger partial charge >= 0.3 is 5.97 Å². The molecule has 0 saturated carbocycles. The van der Waals surface area contributed by atoms with Gasteiger partial charge in [-0.1, -0.05) is 24.3 Å². The highest BCUT2D eigenvalue weighted by molar-refractivity contribution is 5.81. The van der Waals surface area contributed by atoms with E-state index in [1.807, 2.05) is 18.2 Å². The first kappa shape index (κ1) is 17.9. The number of nitrogens with zero attached hydrogens (tertiary/aromatic N) is 1. The summed E-state index contributed by atoms with van der Waals surface area (Å²) < 4.78 is 18.2. The zero-order valence-electron chi connectivity index (χ0n) is 14.4. The number of carbonyl (C=O) groups excluding carboxylic acids is 1. The average molecular weight is 357 g/mol. The van der Waals surface area contributed by atoms with Crippen LogP contribution in [-0.2, 0) is 16.0 Å². The van der Waals surface area contributed by atoms with Gasteiger partial charge in [-0.2, -0.15) is 0 Å². The molecule has 0 bridgehead atoms. The number of rotatable bonds is 5. The van der Waals surface area contributed by atoms with Crippen molar-refractivity contribution in [2.75, 3.05) is 20.2 Å². The molecule has 1 heterocycles. The molecule has 136 valence electrons. The van der Waals surface area contributed by atoms with Crippen LogP contribution < -0.4 is 4.74 Å². The minimum Gasteiger partial charge on any atom is -0.497 e. The van der Waals surface area contributed by atoms with Gasteiger partial charge in [0.1, 0.15) is 11.6 Å². The lowest BCUT2D eigenvalue weighted by Crippen LogP contribution is -2.31. The van der Waals surface area contributed by atoms with E-state index in [2.05, 4.69) is 0 Å². The van der Waals surface area contributed by atoms with E-state index in [0.717, 1.165) is 5.56 Å². The smallest absolute Gasteiger partial charge is 0.308 e. The van der Waals surface area contributed by atoms with Gasteiger partial charge in [0.25, 0.3) is 0 Å². The Hall–Kier alpha value is -2.89. The maximum Gasteiger partial charge on any atom is 0.308 e. The molecule has 6 heteroatoms. The maximum absolute atomic E-state index is 13.0. The van der Waals surface area contributed by atoms with Gasteiger partial charge in [-0.25, -0.2) is 4.39 Å². The number of hydrogen-bond donors (Lipinski definition) is 1. The van der Waals surface area contributed by atoms with Crippen LogP contribution in [-0.4, -0.2) is 42.1 Å². The fourth-order valence-corrected chi connectivity index (χ4v) is 3.36. The van der Waals surface area contributed by atoms with Gasteiger partial charge in [-0.3, -0.25) is 9.59 Å². The standard InChI is InChI=1S/C20H20FNO4/c1-26-16-4-2-3-14(10-16)17-11-22(12-18(17)20(24)25)19(23)9-13-5-7-15(21)8-6-13/h2-8,10,17-18H,9,11-12H2,1H3,(H,24,25)/t17-,18+/m0/s1. The Kier molecular flexibility index (Phi) is 5.21. The van der Waals surface area contributed by atoms with E-state index >= 15 is 0 Å². The van der Waals surface area contributed by atoms with Crippen LogP contribution in [0.3, 0.4) is 0 Å². The van der Waals surface area contributed by atoms with Crippen LogP contribution in [0.5, 0.6) is 5.75 Å². The fourth-order valence-electron chi connectivity index (χ4n) is 3.36. The van der Waals surface area contributed by atoms with Crippen molar-refractivity contribution >= 4 is 11.9 Å². The van der Waals surface area contributed by atoms with Crippen LogP contribution in [0.2, 0.25) is 0 Å². The molecular weight excluding hydrogens is 337 g/mol. The Morgan fingerprint density at radius 2 is 1.92 bits per heavy atom. The van der Waals surface area contributed by atoms with Crippen molar-refractivity contribution in [3.63, 3.8) is 0 Å². The third-order valence-electron chi connectivity index (χ3n) is 4.78. The second kappa shape index (κ2) is 7.56. The zero-order valence-corrected chi connectivity index (χ0v) is 14.4. The number of methoxy groups -OCH3 is 1. The number of hydrogen-bond acceptors (Lipinski definition) is 3. The number of aliphatic carboxylic acids is 1. The number of carbonyl (C=O) groups is 2. The van der Waals surface area contributed by atoms with Gasteiger partial charge in [0, 0.05) is 19.0 Å². The van der Waals surface area contributed by atoms with Crippen molar-refractivity contribution in [3.8, 4) is 5.75 Å². The minimum absolute atomic E-state index is 0.122. The lowest BCUT2D eigenvalue weighted by atomic mass is 9.89. The Balaban J connectivity index is 1.76. The van der Waals surface area contributed by atoms with Crippen molar-refractivity contribution < 1.29 is 23.8 Å². The predicted octanol–water partition coefficient (Wildman–Crippen LogP) is 2.70. The maximum atomic E-state index is 13.0. The van der Waals surface area contributed by atoms with Gasteiger partial charge in [0.15, 0.2) is 0 Å². The molecule has 1 N–H and O–H groups in total. The summed E-state index contributed by atoms with van der Waals surface area (Å²) in [5.74, 6) is -1.74. The molecule has 2 aromatic rings. The lowest BCUT2D eigenvalue weighted by molar-refractivity contribution is -0.141. The van der Waals surface area contributed by atoms with Gasteiger partial charge in [-0.05, 0) is 35.4 Å². The zero-order chi connectivity index (χ0) is 18.7. The van der Waals surface area contributed by atoms with Crippen LogP contribution >= 0.6 is 0 Å². The SMILES string of the molecule is COc1cccc([C@@H]2CN(C(=O)Cc3ccc(F)cc3)C[C@H]2C(=O)O)c1. The monoisotopic (exact) mass is 357 g/mol. The first-order valence-corrected chi connectivity index (χ1v) is 8.37. The molecule has 0 radical (unpaired) electrons. The Morgan fingerprint density at radius 3 is 2.58 bits per heavy atom. The van der Waals surface area contributed by atoms with Crippen LogP contribution in [0.25, 0.3) is 0 Å². The predicted molar refractivity (Wildman–Crippen MR) is 93.5 cm³/mol. The molecule has 1 aliphatic rings. The first-order chi connectivity index (χ1) is 12.5. The number of halogens is 1. The van der Waals surface area contributed by atoms with Gasteiger partial charge in [0.2, 0.25) is 5.91 Å². The quantitative estimate of drug-likeness (QED) is 0.893. The fraction of sp³-hybridized carbons (Fsp3) is 0.300. The molecule has 2 atom stereocenters. The highest BCUT2D eigenvalue weighted by Gasteiger charge is 2.40. The Morgan fingerprint density at radius 1 is 1.19 bits per heavy atom. The second-order valence-electron chi connectivity index (χ2n) is 6.43. The summed E-state index contributed by atoms with van der Waals surface area (Å²) in [5, 5.41) is 9.58. The van der Waals surface area contributed by atoms with Crippen LogP contribution in [0.1, 0.15) is 17.0 Å². The summed E-state index contributed by atoms with van der Waals surface area (Å²) in [6, 6.07) is 13.0. The molecule has 1 amide bonds. The number of carboxylic acids is 1. The molecular formula is C20H20FNO4. The summed E-state index contributed by atoms with van der Waals surface area (Å²) in [4.78, 5) is 25.9. The van der Waals surface area contributed by atoms with E-state index in [1.165, 1.54) is 12.1 Å². The van der Waals surface area contributed by atoms with Crippen molar-refractivity contribution in [2.45, 2.75) is 12.3 Å². The summed E-state index contributed by atoms with van der Waals surface area (Å²) in [6.07, 6.45) is 0.122. The number of benzene rings is 2. The molecule has 1 aliphatic heterocycles. The van der Waals surface area contributed by atoms with E-state index in [1.54, 1.807) is 30.2 Å². The largest absolute Gasteiger partial charge is 0.497 e. The van der Waals surface area contributed by atoms with Gasteiger partial charge < -0.3 is 14.7 Å². The van der Waals surface area contributed by atoms with E-state index in [0.29, 0.717) is 17.9 Å². The molecule has 5 nitrogen and oxygen atoms in total. The van der Waals surface area contributed by atoms with Gasteiger partial charge in [-0.15, -0.1) is 0 Å². The first-order valence-electron chi connectivity index (χ1n) is 8.37. The Bertz CT molecular complexity index is 806. The molecule has 3 rings (SSSR count). The third kappa shape index (κ3) is 3.85. The third-order valence-corrected chi connectivity index (χ3v) is 4.78. The van der Waals surface area contributed by atoms with Crippen LogP contribution in [0.15, 0.2) is 48.5 Å². The number of carboxylic acid groups (broad SMARTS) is 1. The highest BCUT2D eigenvalue weighted by atomic mass is 19.1. The van der Waals surface area contributed by atoms with E-state index in [9.17, 15) is 19.1 Å². The topological polar surface area (TPSA) is 66.8 Å². The second-order valence-corrected chi connectivity index (χ2v) is 6.43. The minimum atomic E-state index is -0.921. The summed E-state index contributed by atoms with van der Waals surface area (Å²) in [7, 11) is 1.56. The van der Waals surface area contributed by atoms with Crippen molar-refractivity contribution in [1.82, 2.24) is 4.90 Å². The Labute approximate surface area is 151 Å². The molecule has 0 unspecified atom stereocenters. The van der Waals surface area contributed by atoms with E-state index < -0.39 is 11.9 Å². The van der Waals surface area contributed by atoms with E-state index in [4.69, 9.17) is 4.74 Å². The normalized spacial score (nSPS) is 19.4. The summed E-state index contributed by atoms with van der Waals surface area (Å²) in [6.45, 7) is 0.501. The number of ether oxygens (including phenoxy) is 1. The molecule has 26 heavy (non-hydrogen) atoms. The molecule has 0 spiro atoms. The van der Waals surface area contributed by atoms with Gasteiger partial charge in [0.05, 0.1) is 19.4 Å². The van der Waals surface area contributed by atoms with Crippen molar-refractivity contribution in [1.29, 1.82) is 0 Å². The average Bonchev–Trinajstić information content (AvgIpc) is 3.09. The molecule has 2 aromatic carbocycles. The van der Waals surface area contributed by atoms with Crippen LogP contribution in [0, 0.1) is 11.7 Å². The molecule has 1 fully saturated rings. The molecule has 0 aliphatic carbocycles. The summed E-state index contributed by atoms with van der Waals surface area (Å²) >= 11 is 0. The van der Waals surface area contributed by atoms with Crippen molar-refractivity contribution in [3.05, 3.63) is 65.5 Å². The van der Waals surface area contributed by atoms with Crippen molar-refractivity contribution in [2.24, 2.45) is 5.92 Å². The highest BCUT2D eigenvalue weighted by Crippen LogP contribution is 2.34. The number of likely N-dealkylation sites (tertiary alicyclic amines) is 1.